The minimum absolute atomic E-state index is 0.0893. The number of ketones is 1. The highest BCUT2D eigenvalue weighted by molar-refractivity contribution is 6.04. The van der Waals surface area contributed by atoms with Crippen molar-refractivity contribution in [3.05, 3.63) is 77.6 Å². The zero-order valence-electron chi connectivity index (χ0n) is 17.5. The van der Waals surface area contributed by atoms with Gasteiger partial charge < -0.3 is 4.57 Å². The summed E-state index contributed by atoms with van der Waals surface area (Å²) >= 11 is 0. The van der Waals surface area contributed by atoms with Crippen LogP contribution < -0.4 is 0 Å². The van der Waals surface area contributed by atoms with Crippen LogP contribution in [0, 0.1) is 11.6 Å². The lowest BCUT2D eigenvalue weighted by Gasteiger charge is -2.09. The number of carbonyl (C=O) groups excluding carboxylic acids is 1. The molecule has 5 rings (SSSR count). The highest BCUT2D eigenvalue weighted by Gasteiger charge is 2.29. The number of Topliss-reactive ketones (excluding diaryl/α,β-unsaturated/α-hetero) is 1. The maximum atomic E-state index is 13.6. The van der Waals surface area contributed by atoms with Gasteiger partial charge in [0, 0.05) is 30.3 Å². The number of benzene rings is 2. The summed E-state index contributed by atoms with van der Waals surface area (Å²) in [5, 5.41) is 0. The van der Waals surface area contributed by atoms with Crippen LogP contribution in [0.25, 0.3) is 28.0 Å². The molecule has 0 aliphatic carbocycles. The first-order chi connectivity index (χ1) is 15.1. The Kier molecular flexibility index (Phi) is 4.97. The molecule has 0 N–H and O–H groups in total. The summed E-state index contributed by atoms with van der Waals surface area (Å²) in [5.41, 5.74) is 6.53. The summed E-state index contributed by atoms with van der Waals surface area (Å²) in [7, 11) is 0. The van der Waals surface area contributed by atoms with Gasteiger partial charge in [0.15, 0.2) is 5.78 Å². The first-order valence-electron chi connectivity index (χ1n) is 10.9. The van der Waals surface area contributed by atoms with Gasteiger partial charge in [0.05, 0.1) is 11.4 Å². The number of nitrogens with zero attached hydrogens (tertiary/aromatic N) is 2. The zero-order chi connectivity index (χ0) is 21.5. The van der Waals surface area contributed by atoms with Gasteiger partial charge >= 0.3 is 0 Å². The van der Waals surface area contributed by atoms with Crippen LogP contribution in [0.15, 0.2) is 54.7 Å². The Morgan fingerprint density at radius 2 is 1.58 bits per heavy atom. The Morgan fingerprint density at radius 1 is 0.935 bits per heavy atom. The van der Waals surface area contributed by atoms with Crippen molar-refractivity contribution in [2.75, 3.05) is 0 Å². The third kappa shape index (κ3) is 3.29. The Bertz CT molecular complexity index is 1260. The molecule has 0 radical (unpaired) electrons. The highest BCUT2D eigenvalue weighted by atomic mass is 19.1. The summed E-state index contributed by atoms with van der Waals surface area (Å²) in [5.74, 6) is -0.467. The molecule has 2 aromatic heterocycles. The first-order valence-corrected chi connectivity index (χ1v) is 10.9. The summed E-state index contributed by atoms with van der Waals surface area (Å²) in [4.78, 5) is 13.3. The van der Waals surface area contributed by atoms with Crippen LogP contribution in [-0.4, -0.2) is 14.8 Å². The molecule has 5 heteroatoms. The third-order valence-corrected chi connectivity index (χ3v) is 6.15. The smallest absolute Gasteiger partial charge is 0.180 e. The Morgan fingerprint density at radius 3 is 2.23 bits per heavy atom. The maximum absolute atomic E-state index is 13.6. The summed E-state index contributed by atoms with van der Waals surface area (Å²) in [6.07, 6.45) is 6.12. The van der Waals surface area contributed by atoms with E-state index in [0.717, 1.165) is 65.8 Å². The van der Waals surface area contributed by atoms with Crippen molar-refractivity contribution in [1.29, 1.82) is 0 Å². The van der Waals surface area contributed by atoms with Crippen molar-refractivity contribution < 1.29 is 13.6 Å². The number of rotatable bonds is 5. The van der Waals surface area contributed by atoms with Gasteiger partial charge in [-0.1, -0.05) is 19.1 Å². The molecule has 1 aliphatic heterocycles. The molecular weight excluding hydrogens is 394 g/mol. The van der Waals surface area contributed by atoms with E-state index in [1.807, 2.05) is 17.5 Å². The lowest BCUT2D eigenvalue weighted by Crippen LogP contribution is -2.04. The van der Waals surface area contributed by atoms with Crippen molar-refractivity contribution in [3.63, 3.8) is 0 Å². The van der Waals surface area contributed by atoms with Gasteiger partial charge in [0.1, 0.15) is 17.3 Å². The largest absolute Gasteiger partial charge is 0.325 e. The predicted octanol–water partition coefficient (Wildman–Crippen LogP) is 6.67. The standard InChI is InChI=1S/C26H24F2N2O/c1-2-5-23(31)25-24(18-9-13-20(28)14-10-18)21-6-3-4-15-29-22(16-30(25)26(21)29)17-7-11-19(27)12-8-17/h7-14,16H,2-6,15H2,1H3. The van der Waals surface area contributed by atoms with Crippen LogP contribution in [0.4, 0.5) is 8.78 Å². The van der Waals surface area contributed by atoms with Crippen molar-refractivity contribution in [1.82, 2.24) is 8.97 Å². The number of imidazole rings is 1. The van der Waals surface area contributed by atoms with Crippen LogP contribution >= 0.6 is 0 Å². The van der Waals surface area contributed by atoms with Gasteiger partial charge in [0.2, 0.25) is 0 Å². The summed E-state index contributed by atoms with van der Waals surface area (Å²) in [6.45, 7) is 2.84. The fourth-order valence-corrected chi connectivity index (χ4v) is 4.78. The first kappa shape index (κ1) is 19.7. The van der Waals surface area contributed by atoms with Crippen LogP contribution in [0.1, 0.15) is 48.7 Å². The average molecular weight is 418 g/mol. The van der Waals surface area contributed by atoms with E-state index in [4.69, 9.17) is 0 Å². The minimum atomic E-state index is -0.289. The van der Waals surface area contributed by atoms with Crippen LogP contribution in [0.5, 0.6) is 0 Å². The van der Waals surface area contributed by atoms with Gasteiger partial charge in [-0.05, 0) is 73.2 Å². The molecule has 4 aromatic rings. The van der Waals surface area contributed by atoms with Crippen LogP contribution in [0.3, 0.4) is 0 Å². The Balaban J connectivity index is 1.83. The fourth-order valence-electron chi connectivity index (χ4n) is 4.78. The van der Waals surface area contributed by atoms with E-state index in [1.54, 1.807) is 24.3 Å². The minimum Gasteiger partial charge on any atom is -0.325 e. The molecule has 0 saturated carbocycles. The molecule has 0 saturated heterocycles. The molecule has 0 fully saturated rings. The van der Waals surface area contributed by atoms with Crippen molar-refractivity contribution in [2.45, 2.75) is 45.6 Å². The molecule has 1 aliphatic rings. The molecule has 0 unspecified atom stereocenters. The summed E-state index contributed by atoms with van der Waals surface area (Å²) < 4.78 is 31.4. The van der Waals surface area contributed by atoms with Crippen LogP contribution in [0.2, 0.25) is 0 Å². The topological polar surface area (TPSA) is 26.4 Å². The third-order valence-electron chi connectivity index (χ3n) is 6.15. The quantitative estimate of drug-likeness (QED) is 0.332. The lowest BCUT2D eigenvalue weighted by atomic mass is 9.96. The van der Waals surface area contributed by atoms with E-state index in [2.05, 4.69) is 4.57 Å². The van der Waals surface area contributed by atoms with Gasteiger partial charge in [-0.2, -0.15) is 0 Å². The monoisotopic (exact) mass is 418 g/mol. The second-order valence-corrected chi connectivity index (χ2v) is 8.21. The van der Waals surface area contributed by atoms with E-state index in [-0.39, 0.29) is 17.4 Å². The zero-order valence-corrected chi connectivity index (χ0v) is 17.5. The molecule has 0 spiro atoms. The van der Waals surface area contributed by atoms with Crippen LogP contribution in [-0.2, 0) is 13.0 Å². The second-order valence-electron chi connectivity index (χ2n) is 8.21. The molecule has 2 aromatic carbocycles. The number of carbonyl (C=O) groups is 1. The maximum Gasteiger partial charge on any atom is 0.180 e. The lowest BCUT2D eigenvalue weighted by molar-refractivity contribution is 0.0977. The van der Waals surface area contributed by atoms with E-state index in [9.17, 15) is 13.6 Å². The van der Waals surface area contributed by atoms with E-state index >= 15 is 0 Å². The van der Waals surface area contributed by atoms with E-state index < -0.39 is 0 Å². The summed E-state index contributed by atoms with van der Waals surface area (Å²) in [6, 6.07) is 12.9. The fraction of sp³-hybridized carbons (Fsp3) is 0.269. The van der Waals surface area contributed by atoms with Crippen molar-refractivity contribution in [3.8, 4) is 22.4 Å². The van der Waals surface area contributed by atoms with E-state index in [1.165, 1.54) is 24.3 Å². The number of aryl methyl sites for hydroxylation is 2. The average Bonchev–Trinajstić information content (AvgIpc) is 3.18. The number of aromatic nitrogens is 2. The molecule has 3 heterocycles. The van der Waals surface area contributed by atoms with Gasteiger partial charge in [0.25, 0.3) is 0 Å². The van der Waals surface area contributed by atoms with Crippen molar-refractivity contribution >= 4 is 11.4 Å². The number of hydrogen-bond acceptors (Lipinski definition) is 1. The Hall–Kier alpha value is -3.21. The number of halogens is 2. The van der Waals surface area contributed by atoms with E-state index in [0.29, 0.717) is 12.1 Å². The molecule has 0 bridgehead atoms. The second kappa shape index (κ2) is 7.80. The SMILES string of the molecule is CCCC(=O)c1c(-c2ccc(F)cc2)c2c3n(c(-c4ccc(F)cc4)cn13)CCCC2. The molecule has 0 atom stereocenters. The van der Waals surface area contributed by atoms with Gasteiger partial charge in [-0.25, -0.2) is 8.78 Å². The van der Waals surface area contributed by atoms with Crippen molar-refractivity contribution in [2.24, 2.45) is 0 Å². The molecular formula is C26H24F2N2O. The molecule has 31 heavy (non-hydrogen) atoms. The predicted molar refractivity (Wildman–Crippen MR) is 118 cm³/mol. The molecule has 158 valence electrons. The van der Waals surface area contributed by atoms with Gasteiger partial charge in [-0.3, -0.25) is 9.20 Å². The molecule has 3 nitrogen and oxygen atoms in total. The normalized spacial score (nSPS) is 13.5. The van der Waals surface area contributed by atoms with Gasteiger partial charge in [-0.15, -0.1) is 0 Å². The highest BCUT2D eigenvalue weighted by Crippen LogP contribution is 2.40. The Labute approximate surface area is 179 Å². The molecule has 0 amide bonds. The number of hydrogen-bond donors (Lipinski definition) is 0.